The van der Waals surface area contributed by atoms with E-state index in [1.807, 2.05) is 6.08 Å². The molecule has 3 nitrogen and oxygen atoms in total. The Bertz CT molecular complexity index is 627. The highest BCUT2D eigenvalue weighted by atomic mass is 16.5. The highest BCUT2D eigenvalue weighted by molar-refractivity contribution is 5.93. The molecule has 124 valence electrons. The van der Waals surface area contributed by atoms with Crippen molar-refractivity contribution in [3.8, 4) is 0 Å². The molecule has 0 radical (unpaired) electrons. The summed E-state index contributed by atoms with van der Waals surface area (Å²) in [6.07, 6.45) is 10.3. The van der Waals surface area contributed by atoms with Gasteiger partial charge in [0.1, 0.15) is 6.10 Å². The zero-order chi connectivity index (χ0) is 16.2. The number of fused-ring (bicyclic) bond motifs is 4. The van der Waals surface area contributed by atoms with E-state index in [0.29, 0.717) is 24.0 Å². The molecule has 4 atom stereocenters. The van der Waals surface area contributed by atoms with Gasteiger partial charge in [0.25, 0.3) is 0 Å². The van der Waals surface area contributed by atoms with E-state index in [0.717, 1.165) is 32.1 Å². The second-order valence-electron chi connectivity index (χ2n) is 8.07. The topological polar surface area (TPSA) is 43.4 Å². The SMILES string of the molecule is CC(=O)O[C@H]1CC[C@H]2[C@@H]3CCC4=CC(=O)CCC4=C3CC[C@]12C. The van der Waals surface area contributed by atoms with Crippen molar-refractivity contribution in [1.82, 2.24) is 0 Å². The quantitative estimate of drug-likeness (QED) is 0.684. The van der Waals surface area contributed by atoms with Gasteiger partial charge < -0.3 is 4.74 Å². The predicted octanol–water partition coefficient (Wildman–Crippen LogP) is 4.12. The van der Waals surface area contributed by atoms with Crippen LogP contribution in [0.5, 0.6) is 0 Å². The van der Waals surface area contributed by atoms with Gasteiger partial charge in [0.15, 0.2) is 5.78 Å². The molecule has 0 bridgehead atoms. The van der Waals surface area contributed by atoms with E-state index in [1.54, 1.807) is 5.57 Å². The number of hydrogen-bond acceptors (Lipinski definition) is 3. The molecule has 0 unspecified atom stereocenters. The van der Waals surface area contributed by atoms with Crippen molar-refractivity contribution >= 4 is 11.8 Å². The average molecular weight is 314 g/mol. The van der Waals surface area contributed by atoms with Crippen LogP contribution in [-0.2, 0) is 14.3 Å². The fraction of sp³-hybridized carbons (Fsp3) is 0.700. The lowest BCUT2D eigenvalue weighted by atomic mass is 9.57. The lowest BCUT2D eigenvalue weighted by Gasteiger charge is -2.48. The van der Waals surface area contributed by atoms with Crippen molar-refractivity contribution in [3.05, 3.63) is 22.8 Å². The average Bonchev–Trinajstić information content (AvgIpc) is 2.83. The summed E-state index contributed by atoms with van der Waals surface area (Å²) in [7, 11) is 0. The first-order valence-corrected chi connectivity index (χ1v) is 9.12. The van der Waals surface area contributed by atoms with Gasteiger partial charge in [-0.3, -0.25) is 9.59 Å². The van der Waals surface area contributed by atoms with Crippen molar-refractivity contribution in [3.63, 3.8) is 0 Å². The molecule has 0 N–H and O–H groups in total. The number of carbonyl (C=O) groups is 2. The highest BCUT2D eigenvalue weighted by Gasteiger charge is 2.54. The van der Waals surface area contributed by atoms with Crippen LogP contribution >= 0.6 is 0 Å². The highest BCUT2D eigenvalue weighted by Crippen LogP contribution is 2.60. The van der Waals surface area contributed by atoms with Gasteiger partial charge >= 0.3 is 5.97 Å². The molecule has 0 aliphatic heterocycles. The van der Waals surface area contributed by atoms with E-state index in [-0.39, 0.29) is 17.5 Å². The minimum atomic E-state index is -0.138. The maximum absolute atomic E-state index is 11.7. The van der Waals surface area contributed by atoms with Crippen molar-refractivity contribution in [2.75, 3.05) is 0 Å². The van der Waals surface area contributed by atoms with Crippen LogP contribution in [0.15, 0.2) is 22.8 Å². The number of ketones is 1. The Morgan fingerprint density at radius 3 is 2.78 bits per heavy atom. The monoisotopic (exact) mass is 314 g/mol. The van der Waals surface area contributed by atoms with Gasteiger partial charge in [0, 0.05) is 18.8 Å². The van der Waals surface area contributed by atoms with Gasteiger partial charge in [-0.2, -0.15) is 0 Å². The molecule has 0 saturated heterocycles. The molecule has 0 heterocycles. The number of hydrogen-bond donors (Lipinski definition) is 0. The Morgan fingerprint density at radius 1 is 1.17 bits per heavy atom. The predicted molar refractivity (Wildman–Crippen MR) is 87.7 cm³/mol. The van der Waals surface area contributed by atoms with Crippen molar-refractivity contribution in [1.29, 1.82) is 0 Å². The Labute approximate surface area is 138 Å². The Kier molecular flexibility index (Phi) is 3.51. The van der Waals surface area contributed by atoms with Crippen LogP contribution in [-0.4, -0.2) is 17.9 Å². The number of esters is 1. The van der Waals surface area contributed by atoms with Crippen LogP contribution < -0.4 is 0 Å². The molecule has 0 aromatic rings. The van der Waals surface area contributed by atoms with Crippen molar-refractivity contribution in [2.24, 2.45) is 17.3 Å². The van der Waals surface area contributed by atoms with E-state index >= 15 is 0 Å². The van der Waals surface area contributed by atoms with Crippen LogP contribution in [0, 0.1) is 17.3 Å². The summed E-state index contributed by atoms with van der Waals surface area (Å²) in [5, 5.41) is 0. The first kappa shape index (κ1) is 15.2. The lowest BCUT2D eigenvalue weighted by Crippen LogP contribution is -2.43. The summed E-state index contributed by atoms with van der Waals surface area (Å²) in [5.74, 6) is 1.46. The van der Waals surface area contributed by atoms with E-state index in [4.69, 9.17) is 4.74 Å². The second-order valence-corrected chi connectivity index (χ2v) is 8.07. The molecule has 4 aliphatic rings. The normalized spacial score (nSPS) is 39.3. The largest absolute Gasteiger partial charge is 0.462 e. The van der Waals surface area contributed by atoms with Crippen LogP contribution in [0.25, 0.3) is 0 Å². The van der Waals surface area contributed by atoms with Crippen LogP contribution in [0.2, 0.25) is 0 Å². The molecular formula is C20H26O3. The summed E-state index contributed by atoms with van der Waals surface area (Å²) in [6.45, 7) is 3.87. The Morgan fingerprint density at radius 2 is 2.00 bits per heavy atom. The maximum atomic E-state index is 11.7. The van der Waals surface area contributed by atoms with Crippen molar-refractivity contribution < 1.29 is 14.3 Å². The maximum Gasteiger partial charge on any atom is 0.302 e. The number of ether oxygens (including phenoxy) is 1. The number of rotatable bonds is 1. The first-order chi connectivity index (χ1) is 11.0. The first-order valence-electron chi connectivity index (χ1n) is 9.12. The minimum absolute atomic E-state index is 0.0985. The third-order valence-corrected chi connectivity index (χ3v) is 6.95. The summed E-state index contributed by atoms with van der Waals surface area (Å²) in [5.41, 5.74) is 4.62. The van der Waals surface area contributed by atoms with Crippen LogP contribution in [0.4, 0.5) is 0 Å². The van der Waals surface area contributed by atoms with Crippen LogP contribution in [0.1, 0.15) is 65.2 Å². The molecule has 0 aromatic heterocycles. The van der Waals surface area contributed by atoms with Gasteiger partial charge in [-0.25, -0.2) is 0 Å². The van der Waals surface area contributed by atoms with E-state index in [9.17, 15) is 9.59 Å². The van der Waals surface area contributed by atoms with Gasteiger partial charge in [-0.15, -0.1) is 0 Å². The molecule has 2 fully saturated rings. The minimum Gasteiger partial charge on any atom is -0.462 e. The van der Waals surface area contributed by atoms with E-state index in [1.165, 1.54) is 30.9 Å². The molecular weight excluding hydrogens is 288 g/mol. The summed E-state index contributed by atoms with van der Waals surface area (Å²) < 4.78 is 5.67. The van der Waals surface area contributed by atoms with Gasteiger partial charge in [-0.05, 0) is 74.0 Å². The van der Waals surface area contributed by atoms with E-state index in [2.05, 4.69) is 6.92 Å². The smallest absolute Gasteiger partial charge is 0.302 e. The Balaban J connectivity index is 1.66. The molecule has 0 amide bonds. The van der Waals surface area contributed by atoms with Gasteiger partial charge in [0.05, 0.1) is 0 Å². The third kappa shape index (κ3) is 2.31. The van der Waals surface area contributed by atoms with Crippen molar-refractivity contribution in [2.45, 2.75) is 71.3 Å². The summed E-state index contributed by atoms with van der Waals surface area (Å²) >= 11 is 0. The lowest BCUT2D eigenvalue weighted by molar-refractivity contribution is -0.153. The fourth-order valence-corrected chi connectivity index (χ4v) is 5.88. The fourth-order valence-electron chi connectivity index (χ4n) is 5.88. The zero-order valence-corrected chi connectivity index (χ0v) is 14.2. The molecule has 4 rings (SSSR count). The molecule has 0 spiro atoms. The summed E-state index contributed by atoms with van der Waals surface area (Å²) in [6, 6.07) is 0. The van der Waals surface area contributed by atoms with Gasteiger partial charge in [0.2, 0.25) is 0 Å². The van der Waals surface area contributed by atoms with E-state index < -0.39 is 0 Å². The molecule has 23 heavy (non-hydrogen) atoms. The van der Waals surface area contributed by atoms with Crippen LogP contribution in [0.3, 0.4) is 0 Å². The second kappa shape index (κ2) is 5.32. The van der Waals surface area contributed by atoms with Gasteiger partial charge in [-0.1, -0.05) is 12.5 Å². The Hall–Kier alpha value is -1.38. The molecule has 0 aromatic carbocycles. The zero-order valence-electron chi connectivity index (χ0n) is 14.2. The molecule has 3 heteroatoms. The molecule has 4 aliphatic carbocycles. The standard InChI is InChI=1S/C20H26O3/c1-12(21)23-19-8-7-18-17-5-3-13-11-14(22)4-6-15(13)16(17)9-10-20(18,19)2/h11,17-19H,3-10H2,1-2H3/t17-,18+,19+,20+/m1/s1. The number of carbonyl (C=O) groups excluding carboxylic acids is 2. The molecule has 2 saturated carbocycles. The summed E-state index contributed by atoms with van der Waals surface area (Å²) in [4.78, 5) is 23.2. The number of allylic oxidation sites excluding steroid dienone is 4. The third-order valence-electron chi connectivity index (χ3n) is 6.95.